The molecule has 20 heavy (non-hydrogen) atoms. The Kier molecular flexibility index (Phi) is 5.15. The van der Waals surface area contributed by atoms with Gasteiger partial charge in [0, 0.05) is 31.4 Å². The lowest BCUT2D eigenvalue weighted by atomic mass is 10.0. The van der Waals surface area contributed by atoms with Crippen LogP contribution in [-0.4, -0.2) is 43.0 Å². The summed E-state index contributed by atoms with van der Waals surface area (Å²) >= 11 is 0. The van der Waals surface area contributed by atoms with Gasteiger partial charge in [-0.15, -0.1) is 0 Å². The molecule has 1 heterocycles. The highest BCUT2D eigenvalue weighted by atomic mass is 16.2. The van der Waals surface area contributed by atoms with Crippen molar-refractivity contribution in [3.63, 3.8) is 0 Å². The van der Waals surface area contributed by atoms with Gasteiger partial charge in [0.1, 0.15) is 0 Å². The van der Waals surface area contributed by atoms with E-state index in [0.717, 1.165) is 25.3 Å². The van der Waals surface area contributed by atoms with Crippen LogP contribution in [-0.2, 0) is 4.79 Å². The Morgan fingerprint density at radius 2 is 2.30 bits per heavy atom. The molecule has 2 rings (SSSR count). The molecule has 0 spiro atoms. The molecule has 0 unspecified atom stereocenters. The Labute approximate surface area is 121 Å². The second kappa shape index (κ2) is 6.86. The zero-order chi connectivity index (χ0) is 14.5. The fourth-order valence-electron chi connectivity index (χ4n) is 2.53. The van der Waals surface area contributed by atoms with Crippen molar-refractivity contribution in [3.05, 3.63) is 29.8 Å². The maximum absolute atomic E-state index is 12.1. The van der Waals surface area contributed by atoms with E-state index in [9.17, 15) is 4.79 Å². The van der Waals surface area contributed by atoms with E-state index < -0.39 is 0 Å². The number of piperazine rings is 1. The minimum atomic E-state index is 0.0695. The van der Waals surface area contributed by atoms with Gasteiger partial charge in [0.2, 0.25) is 5.91 Å². The molecular formula is C16H25N3O. The van der Waals surface area contributed by atoms with Crippen LogP contribution in [0.3, 0.4) is 0 Å². The van der Waals surface area contributed by atoms with Gasteiger partial charge in [-0.25, -0.2) is 0 Å². The fraction of sp³-hybridized carbons (Fsp3) is 0.562. The summed E-state index contributed by atoms with van der Waals surface area (Å²) in [6, 6.07) is 8.56. The lowest BCUT2D eigenvalue weighted by Gasteiger charge is -2.31. The number of rotatable bonds is 4. The molecule has 1 aromatic carbocycles. The number of hydrogen-bond donors (Lipinski definition) is 2. The summed E-state index contributed by atoms with van der Waals surface area (Å²) in [5.74, 6) is 0.542. The van der Waals surface area contributed by atoms with Crippen molar-refractivity contribution in [1.29, 1.82) is 0 Å². The number of carbonyl (C=O) groups is 1. The number of carbonyl (C=O) groups excluding carboxylic acids is 1. The Bertz CT molecular complexity index is 459. The van der Waals surface area contributed by atoms with E-state index in [1.54, 1.807) is 0 Å². The fourth-order valence-corrected chi connectivity index (χ4v) is 2.53. The van der Waals surface area contributed by atoms with Crippen LogP contribution < -0.4 is 10.6 Å². The molecule has 1 aliphatic heterocycles. The molecule has 0 aromatic heterocycles. The van der Waals surface area contributed by atoms with E-state index in [1.807, 2.05) is 12.1 Å². The predicted molar refractivity (Wildman–Crippen MR) is 83.1 cm³/mol. The highest BCUT2D eigenvalue weighted by molar-refractivity contribution is 5.92. The summed E-state index contributed by atoms with van der Waals surface area (Å²) in [7, 11) is 0. The third kappa shape index (κ3) is 4.32. The first-order valence-electron chi connectivity index (χ1n) is 7.40. The minimum Gasteiger partial charge on any atom is -0.325 e. The molecule has 1 saturated heterocycles. The molecule has 1 amide bonds. The summed E-state index contributed by atoms with van der Waals surface area (Å²) in [6.07, 6.45) is 0. The molecule has 4 heteroatoms. The van der Waals surface area contributed by atoms with Crippen molar-refractivity contribution in [1.82, 2.24) is 10.2 Å². The molecule has 0 aliphatic carbocycles. The number of anilines is 1. The summed E-state index contributed by atoms with van der Waals surface area (Å²) < 4.78 is 0. The molecular weight excluding hydrogens is 250 g/mol. The van der Waals surface area contributed by atoms with Crippen molar-refractivity contribution < 1.29 is 4.79 Å². The molecule has 110 valence electrons. The number of hydrogen-bond acceptors (Lipinski definition) is 3. The largest absolute Gasteiger partial charge is 0.325 e. The predicted octanol–water partition coefficient (Wildman–Crippen LogP) is 2.04. The number of amides is 1. The Balaban J connectivity index is 1.89. The van der Waals surface area contributed by atoms with Crippen molar-refractivity contribution >= 4 is 11.6 Å². The Hall–Kier alpha value is -1.39. The van der Waals surface area contributed by atoms with Gasteiger partial charge in [0.05, 0.1) is 6.54 Å². The van der Waals surface area contributed by atoms with E-state index in [-0.39, 0.29) is 5.91 Å². The van der Waals surface area contributed by atoms with E-state index in [2.05, 4.69) is 48.4 Å². The highest BCUT2D eigenvalue weighted by Crippen LogP contribution is 2.18. The zero-order valence-corrected chi connectivity index (χ0v) is 12.6. The number of benzene rings is 1. The van der Waals surface area contributed by atoms with Gasteiger partial charge >= 0.3 is 0 Å². The topological polar surface area (TPSA) is 44.4 Å². The van der Waals surface area contributed by atoms with Crippen LogP contribution in [0.4, 0.5) is 5.69 Å². The second-order valence-corrected chi connectivity index (χ2v) is 5.92. The van der Waals surface area contributed by atoms with Crippen LogP contribution in [0.5, 0.6) is 0 Å². The lowest BCUT2D eigenvalue weighted by Crippen LogP contribution is -2.51. The molecule has 0 saturated carbocycles. The van der Waals surface area contributed by atoms with Crippen LogP contribution in [0, 0.1) is 0 Å². The zero-order valence-electron chi connectivity index (χ0n) is 12.6. The summed E-state index contributed by atoms with van der Waals surface area (Å²) in [5, 5.41) is 6.38. The van der Waals surface area contributed by atoms with Crippen LogP contribution in [0.25, 0.3) is 0 Å². The molecule has 1 atom stereocenters. The third-order valence-electron chi connectivity index (χ3n) is 3.66. The van der Waals surface area contributed by atoms with Gasteiger partial charge in [-0.3, -0.25) is 9.69 Å². The van der Waals surface area contributed by atoms with Gasteiger partial charge < -0.3 is 10.6 Å². The van der Waals surface area contributed by atoms with E-state index in [4.69, 9.17) is 0 Å². The van der Waals surface area contributed by atoms with Crippen molar-refractivity contribution in [2.45, 2.75) is 32.7 Å². The monoisotopic (exact) mass is 275 g/mol. The average Bonchev–Trinajstić information content (AvgIpc) is 2.38. The van der Waals surface area contributed by atoms with Gasteiger partial charge in [-0.1, -0.05) is 26.0 Å². The normalized spacial score (nSPS) is 20.1. The Morgan fingerprint density at radius 3 is 3.00 bits per heavy atom. The third-order valence-corrected chi connectivity index (χ3v) is 3.66. The first-order valence-corrected chi connectivity index (χ1v) is 7.40. The first-order chi connectivity index (χ1) is 9.54. The summed E-state index contributed by atoms with van der Waals surface area (Å²) in [6.45, 7) is 9.75. The smallest absolute Gasteiger partial charge is 0.238 e. The lowest BCUT2D eigenvalue weighted by molar-refractivity contribution is -0.117. The van der Waals surface area contributed by atoms with Crippen LogP contribution in [0.2, 0.25) is 0 Å². The SMILES string of the molecule is CC(C)c1cccc(NC(=O)CN2CCN[C@H](C)C2)c1. The summed E-state index contributed by atoms with van der Waals surface area (Å²) in [4.78, 5) is 14.3. The van der Waals surface area contributed by atoms with Crippen LogP contribution in [0.15, 0.2) is 24.3 Å². The standard InChI is InChI=1S/C16H25N3O/c1-12(2)14-5-4-6-15(9-14)18-16(20)11-19-8-7-17-13(3)10-19/h4-6,9,12-13,17H,7-8,10-11H2,1-3H3,(H,18,20)/t13-/m1/s1. The van der Waals surface area contributed by atoms with Crippen molar-refractivity contribution in [3.8, 4) is 0 Å². The van der Waals surface area contributed by atoms with Gasteiger partial charge in [0.25, 0.3) is 0 Å². The molecule has 0 radical (unpaired) electrons. The highest BCUT2D eigenvalue weighted by Gasteiger charge is 2.17. The van der Waals surface area contributed by atoms with Crippen LogP contribution in [0.1, 0.15) is 32.3 Å². The minimum absolute atomic E-state index is 0.0695. The second-order valence-electron chi connectivity index (χ2n) is 5.92. The maximum Gasteiger partial charge on any atom is 0.238 e. The first kappa shape index (κ1) is 15.0. The molecule has 2 N–H and O–H groups in total. The van der Waals surface area contributed by atoms with Gasteiger partial charge in [-0.2, -0.15) is 0 Å². The van der Waals surface area contributed by atoms with Crippen molar-refractivity contribution in [2.75, 3.05) is 31.5 Å². The number of nitrogens with zero attached hydrogens (tertiary/aromatic N) is 1. The van der Waals surface area contributed by atoms with Crippen LogP contribution >= 0.6 is 0 Å². The Morgan fingerprint density at radius 1 is 1.50 bits per heavy atom. The average molecular weight is 275 g/mol. The molecule has 1 aromatic rings. The molecule has 1 fully saturated rings. The van der Waals surface area contributed by atoms with Gasteiger partial charge in [-0.05, 0) is 30.5 Å². The quantitative estimate of drug-likeness (QED) is 0.884. The van der Waals surface area contributed by atoms with Gasteiger partial charge in [0.15, 0.2) is 0 Å². The molecule has 0 bridgehead atoms. The van der Waals surface area contributed by atoms with E-state index in [0.29, 0.717) is 18.5 Å². The molecule has 1 aliphatic rings. The van der Waals surface area contributed by atoms with E-state index >= 15 is 0 Å². The number of nitrogens with one attached hydrogen (secondary N) is 2. The van der Waals surface area contributed by atoms with E-state index in [1.165, 1.54) is 5.56 Å². The summed E-state index contributed by atoms with van der Waals surface area (Å²) in [5.41, 5.74) is 2.14. The van der Waals surface area contributed by atoms with Crippen molar-refractivity contribution in [2.24, 2.45) is 0 Å². The molecule has 4 nitrogen and oxygen atoms in total. The maximum atomic E-state index is 12.1.